The van der Waals surface area contributed by atoms with E-state index < -0.39 is 11.4 Å². The summed E-state index contributed by atoms with van der Waals surface area (Å²) in [5.74, 6) is 0. The molecule has 0 saturated carbocycles. The van der Waals surface area contributed by atoms with Crippen molar-refractivity contribution in [1.82, 2.24) is 0 Å². The van der Waals surface area contributed by atoms with Crippen LogP contribution in [0.25, 0.3) is 0 Å². The van der Waals surface area contributed by atoms with Gasteiger partial charge in [0, 0.05) is 15.1 Å². The third kappa shape index (κ3) is 4.28. The van der Waals surface area contributed by atoms with Gasteiger partial charge in [-0.3, -0.25) is 0 Å². The van der Waals surface area contributed by atoms with Crippen molar-refractivity contribution < 1.29 is 4.55 Å². The Bertz CT molecular complexity index is 443. The minimum Gasteiger partial charge on any atom is -0.591 e. The highest BCUT2D eigenvalue weighted by atomic mass is 79.9. The monoisotopic (exact) mass is 335 g/mol. The van der Waals surface area contributed by atoms with Crippen LogP contribution >= 0.6 is 27.5 Å². The number of hydrogen-bond donors (Lipinski definition) is 0. The SMILES string of the molecule is CC(=N[S+]([O-])C(C)(C)C)c1cc(Br)ccc1Cl. The van der Waals surface area contributed by atoms with Crippen LogP contribution in [0.4, 0.5) is 0 Å². The van der Waals surface area contributed by atoms with Crippen LogP contribution in [0.1, 0.15) is 33.3 Å². The van der Waals surface area contributed by atoms with Crippen LogP contribution in [0, 0.1) is 0 Å². The molecule has 0 N–H and O–H groups in total. The highest BCUT2D eigenvalue weighted by Crippen LogP contribution is 2.24. The average molecular weight is 337 g/mol. The first-order valence-electron chi connectivity index (χ1n) is 5.14. The first-order valence-corrected chi connectivity index (χ1v) is 7.42. The molecule has 0 aliphatic rings. The van der Waals surface area contributed by atoms with Gasteiger partial charge in [0.1, 0.15) is 16.1 Å². The van der Waals surface area contributed by atoms with Crippen LogP contribution in [0.5, 0.6) is 0 Å². The summed E-state index contributed by atoms with van der Waals surface area (Å²) in [6.45, 7) is 7.49. The summed E-state index contributed by atoms with van der Waals surface area (Å²) < 4.78 is 16.7. The maximum Gasteiger partial charge on any atom is 0.144 e. The van der Waals surface area contributed by atoms with E-state index in [9.17, 15) is 4.55 Å². The molecule has 1 aromatic rings. The van der Waals surface area contributed by atoms with E-state index in [1.807, 2.05) is 39.8 Å². The highest BCUT2D eigenvalue weighted by Gasteiger charge is 2.27. The Morgan fingerprint density at radius 2 is 2.00 bits per heavy atom. The van der Waals surface area contributed by atoms with E-state index in [1.165, 1.54) is 0 Å². The maximum absolute atomic E-state index is 11.9. The third-order valence-electron chi connectivity index (χ3n) is 2.06. The largest absolute Gasteiger partial charge is 0.591 e. The molecule has 1 atom stereocenters. The van der Waals surface area contributed by atoms with Gasteiger partial charge in [-0.2, -0.15) is 0 Å². The van der Waals surface area contributed by atoms with Crippen molar-refractivity contribution in [2.75, 3.05) is 0 Å². The molecule has 0 saturated heterocycles. The van der Waals surface area contributed by atoms with Crippen molar-refractivity contribution >= 4 is 44.6 Å². The Kier molecular flexibility index (Phi) is 5.07. The fraction of sp³-hybridized carbons (Fsp3) is 0.417. The predicted octanol–water partition coefficient (Wildman–Crippen LogP) is 4.37. The van der Waals surface area contributed by atoms with E-state index in [4.69, 9.17) is 11.6 Å². The lowest BCUT2D eigenvalue weighted by molar-refractivity contribution is 0.561. The minimum absolute atomic E-state index is 0.361. The summed E-state index contributed by atoms with van der Waals surface area (Å²) in [4.78, 5) is 0. The number of rotatable bonds is 2. The topological polar surface area (TPSA) is 35.4 Å². The molecule has 0 bridgehead atoms. The molecular formula is C12H15BrClNOS. The van der Waals surface area contributed by atoms with E-state index in [0.29, 0.717) is 10.7 Å². The number of hydrogen-bond acceptors (Lipinski definition) is 2. The van der Waals surface area contributed by atoms with Crippen molar-refractivity contribution in [3.8, 4) is 0 Å². The van der Waals surface area contributed by atoms with E-state index in [2.05, 4.69) is 20.3 Å². The predicted molar refractivity (Wildman–Crippen MR) is 79.3 cm³/mol. The Hall–Kier alpha value is -0.0300. The quantitative estimate of drug-likeness (QED) is 0.583. The molecule has 1 rings (SSSR count). The molecule has 0 spiro atoms. The van der Waals surface area contributed by atoms with Crippen molar-refractivity contribution in [2.24, 2.45) is 4.40 Å². The smallest absolute Gasteiger partial charge is 0.144 e. The molecule has 1 aromatic carbocycles. The van der Waals surface area contributed by atoms with Gasteiger partial charge in [0.25, 0.3) is 0 Å². The summed E-state index contributed by atoms with van der Waals surface area (Å²) in [7, 11) is 0. The van der Waals surface area contributed by atoms with Gasteiger partial charge in [0.15, 0.2) is 0 Å². The molecule has 5 heteroatoms. The number of halogens is 2. The van der Waals surface area contributed by atoms with Crippen LogP contribution in [0.15, 0.2) is 27.1 Å². The van der Waals surface area contributed by atoms with E-state index in [-0.39, 0.29) is 4.75 Å². The maximum atomic E-state index is 11.9. The van der Waals surface area contributed by atoms with Crippen molar-refractivity contribution in [1.29, 1.82) is 0 Å². The molecule has 17 heavy (non-hydrogen) atoms. The molecule has 1 unspecified atom stereocenters. The molecule has 0 aliphatic heterocycles. The van der Waals surface area contributed by atoms with Crippen LogP contribution < -0.4 is 0 Å². The van der Waals surface area contributed by atoms with Crippen LogP contribution in [-0.2, 0) is 11.4 Å². The van der Waals surface area contributed by atoms with Crippen molar-refractivity contribution in [3.63, 3.8) is 0 Å². The molecule has 0 heterocycles. The van der Waals surface area contributed by atoms with Gasteiger partial charge in [-0.05, 0) is 45.9 Å². The lowest BCUT2D eigenvalue weighted by Crippen LogP contribution is -2.26. The zero-order valence-electron chi connectivity index (χ0n) is 10.3. The average Bonchev–Trinajstić information content (AvgIpc) is 2.20. The normalized spacial score (nSPS) is 14.9. The van der Waals surface area contributed by atoms with Crippen LogP contribution in [0.2, 0.25) is 5.02 Å². The first kappa shape index (κ1) is 15.0. The summed E-state index contributed by atoms with van der Waals surface area (Å²) in [6, 6.07) is 5.53. The van der Waals surface area contributed by atoms with Crippen molar-refractivity contribution in [2.45, 2.75) is 32.4 Å². The molecule has 2 nitrogen and oxygen atoms in total. The summed E-state index contributed by atoms with van der Waals surface area (Å²) in [5.41, 5.74) is 1.49. The molecular weight excluding hydrogens is 322 g/mol. The number of nitrogens with zero attached hydrogens (tertiary/aromatic N) is 1. The Balaban J connectivity index is 3.08. The summed E-state index contributed by atoms with van der Waals surface area (Å²) in [5, 5.41) is 0.611. The summed E-state index contributed by atoms with van der Waals surface area (Å²) in [6.07, 6.45) is 0. The molecule has 0 fully saturated rings. The fourth-order valence-corrected chi connectivity index (χ4v) is 2.32. The van der Waals surface area contributed by atoms with Gasteiger partial charge >= 0.3 is 0 Å². The van der Waals surface area contributed by atoms with E-state index >= 15 is 0 Å². The second kappa shape index (κ2) is 5.74. The standard InChI is InChI=1S/C12H15BrClNOS/c1-8(15-17(16)12(2,3)4)10-7-9(13)5-6-11(10)14/h5-7H,1-4H3. The van der Waals surface area contributed by atoms with Gasteiger partial charge in [0.2, 0.25) is 0 Å². The van der Waals surface area contributed by atoms with Gasteiger partial charge in [-0.25, -0.2) is 0 Å². The molecule has 0 aromatic heterocycles. The second-order valence-corrected chi connectivity index (χ2v) is 7.89. The highest BCUT2D eigenvalue weighted by molar-refractivity contribution is 9.10. The Labute approximate surface area is 119 Å². The molecule has 0 aliphatic carbocycles. The molecule has 94 valence electrons. The molecule has 0 radical (unpaired) electrons. The zero-order chi connectivity index (χ0) is 13.2. The number of benzene rings is 1. The van der Waals surface area contributed by atoms with Gasteiger partial charge in [0.05, 0.1) is 5.71 Å². The van der Waals surface area contributed by atoms with Gasteiger partial charge in [-0.15, -0.1) is 0 Å². The Morgan fingerprint density at radius 3 is 2.53 bits per heavy atom. The van der Waals surface area contributed by atoms with Gasteiger partial charge in [-0.1, -0.05) is 31.9 Å². The van der Waals surface area contributed by atoms with E-state index in [1.54, 1.807) is 6.07 Å². The first-order chi connectivity index (χ1) is 7.71. The van der Waals surface area contributed by atoms with Crippen LogP contribution in [-0.4, -0.2) is 15.0 Å². The summed E-state index contributed by atoms with van der Waals surface area (Å²) >= 11 is 8.20. The van der Waals surface area contributed by atoms with Gasteiger partial charge < -0.3 is 4.55 Å². The fourth-order valence-electron chi connectivity index (χ4n) is 1.09. The third-order valence-corrected chi connectivity index (χ3v) is 4.37. The lowest BCUT2D eigenvalue weighted by atomic mass is 10.1. The minimum atomic E-state index is -1.27. The molecule has 0 amide bonds. The Morgan fingerprint density at radius 1 is 1.41 bits per heavy atom. The zero-order valence-corrected chi connectivity index (χ0v) is 13.4. The van der Waals surface area contributed by atoms with E-state index in [0.717, 1.165) is 10.0 Å². The second-order valence-electron chi connectivity index (χ2n) is 4.66. The van der Waals surface area contributed by atoms with Crippen LogP contribution in [0.3, 0.4) is 0 Å². The lowest BCUT2D eigenvalue weighted by Gasteiger charge is -2.19. The van der Waals surface area contributed by atoms with Crippen molar-refractivity contribution in [3.05, 3.63) is 33.3 Å².